The van der Waals surface area contributed by atoms with Crippen LogP contribution in [-0.2, 0) is 0 Å². The fourth-order valence-electron chi connectivity index (χ4n) is 2.15. The smallest absolute Gasteiger partial charge is 0.177 e. The zero-order valence-corrected chi connectivity index (χ0v) is 10.5. The molecule has 0 aliphatic carbocycles. The molecule has 0 amide bonds. The van der Waals surface area contributed by atoms with Gasteiger partial charge in [-0.3, -0.25) is 9.69 Å². The summed E-state index contributed by atoms with van der Waals surface area (Å²) in [6.45, 7) is 5.91. The Hall–Kier alpha value is -0.710. The van der Waals surface area contributed by atoms with Crippen molar-refractivity contribution in [1.29, 1.82) is 0 Å². The highest BCUT2D eigenvalue weighted by molar-refractivity contribution is 7.12. The van der Waals surface area contributed by atoms with Crippen molar-refractivity contribution >= 4 is 17.1 Å². The molecule has 16 heavy (non-hydrogen) atoms. The first kappa shape index (κ1) is 11.8. The number of hydrogen-bond donors (Lipinski definition) is 1. The first-order valence-corrected chi connectivity index (χ1v) is 6.38. The van der Waals surface area contributed by atoms with Crippen molar-refractivity contribution in [1.82, 2.24) is 4.90 Å². The second-order valence-corrected chi connectivity index (χ2v) is 5.89. The molecule has 2 rings (SSSR count). The molecular formula is C12H17NO2S. The van der Waals surface area contributed by atoms with Crippen molar-refractivity contribution in [2.24, 2.45) is 0 Å². The summed E-state index contributed by atoms with van der Waals surface area (Å²) in [6.07, 6.45) is 0.535. The average Bonchev–Trinajstić information content (AvgIpc) is 2.73. The Labute approximate surface area is 99.7 Å². The van der Waals surface area contributed by atoms with Gasteiger partial charge in [0.1, 0.15) is 0 Å². The van der Waals surface area contributed by atoms with Gasteiger partial charge >= 0.3 is 0 Å². The largest absolute Gasteiger partial charge is 0.392 e. The first-order valence-electron chi connectivity index (χ1n) is 5.57. The van der Waals surface area contributed by atoms with E-state index in [1.807, 2.05) is 24.8 Å². The summed E-state index contributed by atoms with van der Waals surface area (Å²) in [7, 11) is 0. The number of thiophene rings is 1. The summed E-state index contributed by atoms with van der Waals surface area (Å²) in [4.78, 5) is 16.3. The summed E-state index contributed by atoms with van der Waals surface area (Å²) < 4.78 is 0. The average molecular weight is 239 g/mol. The van der Waals surface area contributed by atoms with E-state index in [1.54, 1.807) is 11.3 Å². The first-order chi connectivity index (χ1) is 7.56. The third kappa shape index (κ3) is 2.51. The molecule has 1 aliphatic heterocycles. The summed E-state index contributed by atoms with van der Waals surface area (Å²) in [5.74, 6) is 0.177. The second-order valence-electron chi connectivity index (χ2n) is 4.43. The van der Waals surface area contributed by atoms with E-state index in [0.717, 1.165) is 23.4 Å². The molecule has 0 aromatic carbocycles. The fourth-order valence-corrected chi connectivity index (χ4v) is 3.09. The van der Waals surface area contributed by atoms with Crippen LogP contribution >= 0.6 is 11.3 Å². The number of carbonyl (C=O) groups excluding carboxylic acids is 1. The lowest BCUT2D eigenvalue weighted by molar-refractivity contribution is 0.0934. The number of aliphatic hydroxyl groups excluding tert-OH is 1. The number of nitrogens with zero attached hydrogens (tertiary/aromatic N) is 1. The van der Waals surface area contributed by atoms with E-state index in [0.29, 0.717) is 13.1 Å². The van der Waals surface area contributed by atoms with E-state index in [1.165, 1.54) is 4.88 Å². The molecule has 1 aromatic rings. The number of likely N-dealkylation sites (tertiary alicyclic amines) is 1. The van der Waals surface area contributed by atoms with Crippen LogP contribution in [0.4, 0.5) is 0 Å². The topological polar surface area (TPSA) is 40.5 Å². The van der Waals surface area contributed by atoms with Gasteiger partial charge in [0.2, 0.25) is 0 Å². The number of hydrogen-bond acceptors (Lipinski definition) is 4. The molecule has 0 radical (unpaired) electrons. The van der Waals surface area contributed by atoms with E-state index >= 15 is 0 Å². The van der Waals surface area contributed by atoms with Crippen LogP contribution in [0.3, 0.4) is 0 Å². The van der Waals surface area contributed by atoms with Gasteiger partial charge in [0.05, 0.1) is 12.6 Å². The molecule has 3 nitrogen and oxygen atoms in total. The third-order valence-electron chi connectivity index (χ3n) is 2.96. The van der Waals surface area contributed by atoms with E-state index in [4.69, 9.17) is 0 Å². The standard InChI is InChI=1S/C12H17NO2S/c1-8-5-11(9(2)16-8)12(15)7-13-4-3-10(14)6-13/h5,10,14H,3-4,6-7H2,1-2H3. The summed E-state index contributed by atoms with van der Waals surface area (Å²) in [5.41, 5.74) is 0.851. The van der Waals surface area contributed by atoms with Gasteiger partial charge < -0.3 is 5.11 Å². The van der Waals surface area contributed by atoms with E-state index in [9.17, 15) is 9.90 Å². The summed E-state index contributed by atoms with van der Waals surface area (Å²) in [6, 6.07) is 1.97. The number of ketones is 1. The molecule has 1 N–H and O–H groups in total. The molecule has 1 aliphatic rings. The van der Waals surface area contributed by atoms with Crippen molar-refractivity contribution in [3.63, 3.8) is 0 Å². The molecule has 1 fully saturated rings. The Bertz CT molecular complexity index is 400. The lowest BCUT2D eigenvalue weighted by Gasteiger charge is -2.13. The van der Waals surface area contributed by atoms with Gasteiger partial charge in [-0.25, -0.2) is 0 Å². The normalized spacial score (nSPS) is 21.6. The van der Waals surface area contributed by atoms with Crippen molar-refractivity contribution in [2.45, 2.75) is 26.4 Å². The van der Waals surface area contributed by atoms with Crippen LogP contribution in [0.15, 0.2) is 6.07 Å². The molecule has 1 aromatic heterocycles. The predicted molar refractivity (Wildman–Crippen MR) is 65.2 cm³/mol. The number of rotatable bonds is 3. The molecule has 1 atom stereocenters. The molecule has 1 saturated heterocycles. The lowest BCUT2D eigenvalue weighted by atomic mass is 10.1. The number of carbonyl (C=O) groups is 1. The van der Waals surface area contributed by atoms with Crippen molar-refractivity contribution < 1.29 is 9.90 Å². The van der Waals surface area contributed by atoms with Gasteiger partial charge in [0.25, 0.3) is 0 Å². The summed E-state index contributed by atoms with van der Waals surface area (Å²) >= 11 is 1.67. The van der Waals surface area contributed by atoms with E-state index < -0.39 is 0 Å². The minimum atomic E-state index is -0.252. The van der Waals surface area contributed by atoms with Gasteiger partial charge in [-0.2, -0.15) is 0 Å². The van der Waals surface area contributed by atoms with Crippen LogP contribution < -0.4 is 0 Å². The maximum absolute atomic E-state index is 12.0. The van der Waals surface area contributed by atoms with Crippen molar-refractivity contribution in [3.8, 4) is 0 Å². The van der Waals surface area contributed by atoms with Crippen LogP contribution in [-0.4, -0.2) is 41.5 Å². The molecule has 0 bridgehead atoms. The van der Waals surface area contributed by atoms with Crippen LogP contribution in [0.2, 0.25) is 0 Å². The number of Topliss-reactive ketones (excluding diaryl/α,β-unsaturated/α-hetero) is 1. The zero-order valence-electron chi connectivity index (χ0n) is 9.69. The molecule has 0 saturated carbocycles. The minimum absolute atomic E-state index is 0.177. The molecule has 2 heterocycles. The van der Waals surface area contributed by atoms with Gasteiger partial charge in [-0.15, -0.1) is 11.3 Å². The number of aliphatic hydroxyl groups is 1. The van der Waals surface area contributed by atoms with Crippen LogP contribution in [0.5, 0.6) is 0 Å². The predicted octanol–water partition coefficient (Wildman–Crippen LogP) is 1.61. The Balaban J connectivity index is 2.00. The fraction of sp³-hybridized carbons (Fsp3) is 0.583. The molecular weight excluding hydrogens is 222 g/mol. The second kappa shape index (κ2) is 4.65. The highest BCUT2D eigenvalue weighted by Gasteiger charge is 2.23. The Morgan fingerprint density at radius 3 is 2.88 bits per heavy atom. The van der Waals surface area contributed by atoms with Gasteiger partial charge in [0.15, 0.2) is 5.78 Å². The highest BCUT2D eigenvalue weighted by Crippen LogP contribution is 2.21. The van der Waals surface area contributed by atoms with Crippen molar-refractivity contribution in [2.75, 3.05) is 19.6 Å². The Kier molecular flexibility index (Phi) is 3.42. The SMILES string of the molecule is Cc1cc(C(=O)CN2CCC(O)C2)c(C)s1. The summed E-state index contributed by atoms with van der Waals surface area (Å²) in [5, 5.41) is 9.39. The van der Waals surface area contributed by atoms with Gasteiger partial charge in [-0.1, -0.05) is 0 Å². The monoisotopic (exact) mass is 239 g/mol. The molecule has 88 valence electrons. The maximum Gasteiger partial charge on any atom is 0.177 e. The van der Waals surface area contributed by atoms with E-state index in [-0.39, 0.29) is 11.9 Å². The van der Waals surface area contributed by atoms with Crippen LogP contribution in [0.25, 0.3) is 0 Å². The third-order valence-corrected chi connectivity index (χ3v) is 3.92. The van der Waals surface area contributed by atoms with Crippen LogP contribution in [0.1, 0.15) is 26.5 Å². The molecule has 0 spiro atoms. The Morgan fingerprint density at radius 2 is 2.38 bits per heavy atom. The Morgan fingerprint density at radius 1 is 1.62 bits per heavy atom. The molecule has 1 unspecified atom stereocenters. The maximum atomic E-state index is 12.0. The zero-order chi connectivity index (χ0) is 11.7. The van der Waals surface area contributed by atoms with Crippen LogP contribution in [0, 0.1) is 13.8 Å². The minimum Gasteiger partial charge on any atom is -0.392 e. The van der Waals surface area contributed by atoms with Gasteiger partial charge in [-0.05, 0) is 26.3 Å². The van der Waals surface area contributed by atoms with Gasteiger partial charge in [0, 0.05) is 28.4 Å². The lowest BCUT2D eigenvalue weighted by Crippen LogP contribution is -2.28. The quantitative estimate of drug-likeness (QED) is 0.815. The van der Waals surface area contributed by atoms with Crippen molar-refractivity contribution in [3.05, 3.63) is 21.4 Å². The highest BCUT2D eigenvalue weighted by atomic mass is 32.1. The van der Waals surface area contributed by atoms with E-state index in [2.05, 4.69) is 0 Å². The number of aryl methyl sites for hydroxylation is 2. The molecule has 4 heteroatoms. The number of β-amino-alcohol motifs (C(OH)–C–C–N with tert-alkyl or cyclic N) is 1.